The molecule has 0 spiro atoms. The third-order valence-corrected chi connectivity index (χ3v) is 6.97. The van der Waals surface area contributed by atoms with E-state index in [-0.39, 0.29) is 11.9 Å². The molecule has 0 radical (unpaired) electrons. The number of carbonyl (C=O) groups is 1. The fourth-order valence-electron chi connectivity index (χ4n) is 4.82. The number of benzene rings is 3. The average Bonchev–Trinajstić information content (AvgIpc) is 2.92. The lowest BCUT2D eigenvalue weighted by Gasteiger charge is -2.39. The molecular weight excluding hydrogens is 434 g/mol. The van der Waals surface area contributed by atoms with Gasteiger partial charge in [0.25, 0.3) is 0 Å². The van der Waals surface area contributed by atoms with E-state index in [0.29, 0.717) is 19.5 Å². The molecule has 0 aromatic heterocycles. The second kappa shape index (κ2) is 12.5. The number of aryl methyl sites for hydroxylation is 1. The molecule has 0 bridgehead atoms. The minimum Gasteiger partial charge on any atom is -0.497 e. The summed E-state index contributed by atoms with van der Waals surface area (Å²) < 4.78 is 5.25. The Morgan fingerprint density at radius 3 is 2.14 bits per heavy atom. The molecule has 0 unspecified atom stereocenters. The molecule has 0 aliphatic carbocycles. The van der Waals surface area contributed by atoms with Crippen molar-refractivity contribution >= 4 is 5.91 Å². The van der Waals surface area contributed by atoms with Gasteiger partial charge in [-0.05, 0) is 53.6 Å². The Morgan fingerprint density at radius 2 is 1.51 bits per heavy atom. The first-order valence-corrected chi connectivity index (χ1v) is 12.6. The van der Waals surface area contributed by atoms with E-state index in [1.54, 1.807) is 7.11 Å². The van der Waals surface area contributed by atoms with Crippen molar-refractivity contribution in [3.63, 3.8) is 0 Å². The van der Waals surface area contributed by atoms with E-state index in [1.165, 1.54) is 5.56 Å². The lowest BCUT2D eigenvalue weighted by Crippen LogP contribution is -2.47. The maximum Gasteiger partial charge on any atom is 0.223 e. The van der Waals surface area contributed by atoms with Gasteiger partial charge < -0.3 is 15.4 Å². The third-order valence-electron chi connectivity index (χ3n) is 6.97. The van der Waals surface area contributed by atoms with Crippen LogP contribution in [0.4, 0.5) is 0 Å². The van der Waals surface area contributed by atoms with Gasteiger partial charge in [-0.1, -0.05) is 66.7 Å². The normalized spacial score (nSPS) is 14.6. The van der Waals surface area contributed by atoms with E-state index in [9.17, 15) is 4.79 Å². The molecular formula is C30H37N3O2. The van der Waals surface area contributed by atoms with Gasteiger partial charge in [0, 0.05) is 45.2 Å². The summed E-state index contributed by atoms with van der Waals surface area (Å²) in [5, 5.41) is 0. The second-order valence-electron chi connectivity index (χ2n) is 9.38. The van der Waals surface area contributed by atoms with Crippen LogP contribution in [0.1, 0.15) is 41.5 Å². The molecule has 35 heavy (non-hydrogen) atoms. The molecule has 3 aromatic carbocycles. The Bertz CT molecular complexity index is 1040. The zero-order valence-corrected chi connectivity index (χ0v) is 20.7. The van der Waals surface area contributed by atoms with Gasteiger partial charge in [-0.2, -0.15) is 0 Å². The highest BCUT2D eigenvalue weighted by atomic mass is 16.5. The predicted molar refractivity (Wildman–Crippen MR) is 141 cm³/mol. The van der Waals surface area contributed by atoms with Crippen molar-refractivity contribution in [3.8, 4) is 5.75 Å². The second-order valence-corrected chi connectivity index (χ2v) is 9.38. The smallest absolute Gasteiger partial charge is 0.223 e. The minimum atomic E-state index is 0.227. The largest absolute Gasteiger partial charge is 0.497 e. The van der Waals surface area contributed by atoms with Gasteiger partial charge in [-0.3, -0.25) is 9.69 Å². The number of likely N-dealkylation sites (tertiary alicyclic amines) is 1. The van der Waals surface area contributed by atoms with Crippen LogP contribution in [0.3, 0.4) is 0 Å². The van der Waals surface area contributed by atoms with Crippen molar-refractivity contribution in [1.82, 2.24) is 9.80 Å². The number of ether oxygens (including phenoxy) is 1. The zero-order chi connectivity index (χ0) is 24.5. The van der Waals surface area contributed by atoms with E-state index in [4.69, 9.17) is 10.5 Å². The monoisotopic (exact) mass is 471 g/mol. The van der Waals surface area contributed by atoms with Crippen LogP contribution >= 0.6 is 0 Å². The first-order chi connectivity index (χ1) is 17.1. The number of amides is 1. The van der Waals surface area contributed by atoms with Gasteiger partial charge >= 0.3 is 0 Å². The highest BCUT2D eigenvalue weighted by Crippen LogP contribution is 2.23. The van der Waals surface area contributed by atoms with Crippen molar-refractivity contribution in [2.45, 2.75) is 51.4 Å². The predicted octanol–water partition coefficient (Wildman–Crippen LogP) is 4.78. The molecule has 4 rings (SSSR count). The molecule has 1 heterocycles. The molecule has 184 valence electrons. The third kappa shape index (κ3) is 7.17. The Labute approximate surface area is 209 Å². The molecule has 5 heteroatoms. The van der Waals surface area contributed by atoms with Gasteiger partial charge in [0.15, 0.2) is 0 Å². The maximum atomic E-state index is 13.5. The molecule has 3 aromatic rings. The molecule has 1 aliphatic rings. The van der Waals surface area contributed by atoms with Crippen LogP contribution in [0.15, 0.2) is 78.9 Å². The van der Waals surface area contributed by atoms with E-state index >= 15 is 0 Å². The van der Waals surface area contributed by atoms with E-state index in [2.05, 4.69) is 64.4 Å². The van der Waals surface area contributed by atoms with Gasteiger partial charge in [-0.15, -0.1) is 0 Å². The highest BCUT2D eigenvalue weighted by molar-refractivity contribution is 5.77. The van der Waals surface area contributed by atoms with Gasteiger partial charge in [0.2, 0.25) is 5.91 Å². The van der Waals surface area contributed by atoms with E-state index in [0.717, 1.165) is 61.3 Å². The van der Waals surface area contributed by atoms with Gasteiger partial charge in [0.05, 0.1) is 7.11 Å². The summed E-state index contributed by atoms with van der Waals surface area (Å²) >= 11 is 0. The van der Waals surface area contributed by atoms with Crippen LogP contribution in [-0.4, -0.2) is 41.9 Å². The number of hydrogen-bond acceptors (Lipinski definition) is 4. The standard InChI is InChI=1S/C30H37N3O2/c1-35-29-14-11-24(12-15-29)13-16-30(34)33(23-27-9-7-25(21-31)8-10-27)28-17-19-32(20-18-28)22-26-5-3-2-4-6-26/h2-12,14-15,28H,13,16-23,31H2,1H3. The first kappa shape index (κ1) is 25.0. The van der Waals surface area contributed by atoms with Gasteiger partial charge in [-0.25, -0.2) is 0 Å². The molecule has 1 amide bonds. The molecule has 1 aliphatic heterocycles. The Kier molecular flexibility index (Phi) is 8.93. The number of hydrogen-bond donors (Lipinski definition) is 1. The molecule has 0 atom stereocenters. The Hall–Kier alpha value is -3.15. The maximum absolute atomic E-state index is 13.5. The highest BCUT2D eigenvalue weighted by Gasteiger charge is 2.28. The quantitative estimate of drug-likeness (QED) is 0.462. The van der Waals surface area contributed by atoms with E-state index in [1.807, 2.05) is 24.3 Å². The molecule has 5 nitrogen and oxygen atoms in total. The lowest BCUT2D eigenvalue weighted by molar-refractivity contribution is -0.135. The Balaban J connectivity index is 1.40. The Morgan fingerprint density at radius 1 is 0.886 bits per heavy atom. The van der Waals surface area contributed by atoms with Crippen LogP contribution < -0.4 is 10.5 Å². The summed E-state index contributed by atoms with van der Waals surface area (Å²) in [6, 6.07) is 27.3. The van der Waals surface area contributed by atoms with Crippen molar-refractivity contribution in [2.75, 3.05) is 20.2 Å². The summed E-state index contributed by atoms with van der Waals surface area (Å²) in [5.41, 5.74) is 10.5. The number of rotatable bonds is 10. The first-order valence-electron chi connectivity index (χ1n) is 12.6. The fourth-order valence-corrected chi connectivity index (χ4v) is 4.82. The summed E-state index contributed by atoms with van der Waals surface area (Å²) in [5.74, 6) is 1.06. The SMILES string of the molecule is COc1ccc(CCC(=O)N(Cc2ccc(CN)cc2)C2CCN(Cc3ccccc3)CC2)cc1. The minimum absolute atomic E-state index is 0.227. The molecule has 1 fully saturated rings. The fraction of sp³-hybridized carbons (Fsp3) is 0.367. The average molecular weight is 472 g/mol. The number of methoxy groups -OCH3 is 1. The topological polar surface area (TPSA) is 58.8 Å². The van der Waals surface area contributed by atoms with Crippen molar-refractivity contribution in [1.29, 1.82) is 0 Å². The summed E-state index contributed by atoms with van der Waals surface area (Å²) in [6.45, 7) is 4.17. The molecule has 1 saturated heterocycles. The van der Waals surface area contributed by atoms with Gasteiger partial charge in [0.1, 0.15) is 5.75 Å². The lowest BCUT2D eigenvalue weighted by atomic mass is 10.00. The molecule has 0 saturated carbocycles. The van der Waals surface area contributed by atoms with Crippen molar-refractivity contribution in [3.05, 3.63) is 101 Å². The van der Waals surface area contributed by atoms with E-state index < -0.39 is 0 Å². The van der Waals surface area contributed by atoms with Crippen LogP contribution in [0.2, 0.25) is 0 Å². The summed E-state index contributed by atoms with van der Waals surface area (Å²) in [7, 11) is 1.67. The number of carbonyl (C=O) groups excluding carboxylic acids is 1. The number of piperidine rings is 1. The van der Waals surface area contributed by atoms with Crippen LogP contribution in [0, 0.1) is 0 Å². The summed E-state index contributed by atoms with van der Waals surface area (Å²) in [6.07, 6.45) is 3.25. The van der Waals surface area contributed by atoms with Crippen LogP contribution in [0.5, 0.6) is 5.75 Å². The van der Waals surface area contributed by atoms with Crippen molar-refractivity contribution in [2.24, 2.45) is 5.73 Å². The number of nitrogens with zero attached hydrogens (tertiary/aromatic N) is 2. The van der Waals surface area contributed by atoms with Crippen LogP contribution in [-0.2, 0) is 30.8 Å². The van der Waals surface area contributed by atoms with Crippen LogP contribution in [0.25, 0.3) is 0 Å². The zero-order valence-electron chi connectivity index (χ0n) is 20.7. The number of nitrogens with two attached hydrogens (primary N) is 1. The molecule has 2 N–H and O–H groups in total. The van der Waals surface area contributed by atoms with Crippen molar-refractivity contribution < 1.29 is 9.53 Å². The summed E-state index contributed by atoms with van der Waals surface area (Å²) in [4.78, 5) is 18.1.